The Balaban J connectivity index is 0. The maximum absolute atomic E-state index is 2.16. The number of hydrogen-bond donors (Lipinski definition) is 0. The zero-order valence-electron chi connectivity index (χ0n) is 12.1. The van der Waals surface area contributed by atoms with Gasteiger partial charge in [-0.3, -0.25) is 0 Å². The summed E-state index contributed by atoms with van der Waals surface area (Å²) in [6.45, 7) is 0. The van der Waals surface area contributed by atoms with Gasteiger partial charge in [0.1, 0.15) is 0 Å². The Bertz CT molecular complexity index is 420. The molecule has 0 spiro atoms. The normalized spacial score (nSPS) is 19.5. The molecule has 0 saturated carbocycles. The fraction of sp³-hybridized carbons (Fsp3) is 0.0667. The van der Waals surface area contributed by atoms with Crippen LogP contribution in [0.4, 0.5) is 0 Å². The van der Waals surface area contributed by atoms with Gasteiger partial charge in [-0.15, -0.1) is 0 Å². The van der Waals surface area contributed by atoms with Crippen LogP contribution >= 0.6 is 0 Å². The van der Waals surface area contributed by atoms with Crippen LogP contribution in [0, 0.1) is 0 Å². The summed E-state index contributed by atoms with van der Waals surface area (Å²) < 4.78 is 1.47. The first-order valence-corrected chi connectivity index (χ1v) is 6.15. The summed E-state index contributed by atoms with van der Waals surface area (Å²) in [6.07, 6.45) is 24.3. The molecule has 0 aromatic heterocycles. The molecule has 3 aliphatic carbocycles. The van der Waals surface area contributed by atoms with Gasteiger partial charge in [-0.25, -0.2) is 0 Å². The summed E-state index contributed by atoms with van der Waals surface area (Å²) in [5.74, 6) is 0. The van der Waals surface area contributed by atoms with Crippen molar-refractivity contribution in [1.29, 1.82) is 0 Å². The van der Waals surface area contributed by atoms with Gasteiger partial charge in [-0.2, -0.15) is 0 Å². The van der Waals surface area contributed by atoms with Crippen molar-refractivity contribution in [3.63, 3.8) is 0 Å². The van der Waals surface area contributed by atoms with Crippen LogP contribution in [0.1, 0.15) is 10.7 Å². The Labute approximate surface area is 113 Å². The van der Waals surface area contributed by atoms with Gasteiger partial charge in [0.2, 0.25) is 0 Å². The molecular weight excluding hydrogens is 228 g/mol. The van der Waals surface area contributed by atoms with Crippen LogP contribution in [0.3, 0.4) is 0 Å². The van der Waals surface area contributed by atoms with Crippen LogP contribution in [0.25, 0.3) is 0 Å². The molecule has 0 unspecified atom stereocenters. The zero-order valence-corrected chi connectivity index (χ0v) is 10.6. The third kappa shape index (κ3) is 3.20. The van der Waals surface area contributed by atoms with E-state index < -0.39 is 0 Å². The van der Waals surface area contributed by atoms with E-state index in [0.717, 1.165) is 0 Å². The zero-order chi connectivity index (χ0) is 11.2. The molecule has 0 saturated heterocycles. The molecule has 0 N–H and O–H groups in total. The summed E-state index contributed by atoms with van der Waals surface area (Å²) in [6, 6.07) is 0. The second-order valence-corrected chi connectivity index (χ2v) is 4.67. The quantitative estimate of drug-likeness (QED) is 0.559. The average Bonchev–Trinajstić information content (AvgIpc) is 3.02. The Hall–Kier alpha value is -1.11. The van der Waals surface area contributed by atoms with E-state index in [1.54, 1.807) is 0 Å². The predicted octanol–water partition coefficient (Wildman–Crippen LogP) is 4.25. The first-order valence-electron chi connectivity index (χ1n) is 5.37. The van der Waals surface area contributed by atoms with Gasteiger partial charge in [-0.1, -0.05) is 48.6 Å². The van der Waals surface area contributed by atoms with E-state index in [1.807, 2.05) is 0 Å². The van der Waals surface area contributed by atoms with Crippen molar-refractivity contribution in [3.8, 4) is 0 Å². The molecule has 0 fully saturated rings. The van der Waals surface area contributed by atoms with E-state index in [-0.39, 0.29) is 4.28 Å². The van der Waals surface area contributed by atoms with E-state index in [1.165, 1.54) is 21.4 Å². The molecular formula is C15H16Ti. The van der Waals surface area contributed by atoms with Crippen LogP contribution < -0.4 is 0 Å². The molecule has 0 radical (unpaired) electrons. The molecule has 3 aliphatic rings. The van der Waals surface area contributed by atoms with Crippen molar-refractivity contribution in [2.24, 2.45) is 0 Å². The molecule has 0 aliphatic heterocycles. The fourth-order valence-corrected chi connectivity index (χ4v) is 1.91. The molecule has 16 heavy (non-hydrogen) atoms. The monoisotopic (exact) mass is 244 g/mol. The van der Waals surface area contributed by atoms with E-state index in [2.05, 4.69) is 87.3 Å². The van der Waals surface area contributed by atoms with Crippen molar-refractivity contribution in [3.05, 3.63) is 81.9 Å². The summed E-state index contributed by atoms with van der Waals surface area (Å²) in [4.78, 5) is 0. The van der Waals surface area contributed by atoms with Crippen molar-refractivity contribution in [1.82, 2.24) is 0 Å². The third-order valence-electron chi connectivity index (χ3n) is 2.43. The third-order valence-corrected chi connectivity index (χ3v) is 3.01. The first-order chi connectivity index (χ1) is 7.86. The minimum absolute atomic E-state index is 0. The molecule has 0 aromatic rings. The molecule has 3 rings (SSSR count). The Kier molecular flexibility index (Phi) is 4.15. The van der Waals surface area contributed by atoms with E-state index in [0.29, 0.717) is 0 Å². The van der Waals surface area contributed by atoms with Crippen LogP contribution in [-0.2, 0) is 20.4 Å². The second-order valence-electron chi connectivity index (χ2n) is 3.67. The van der Waals surface area contributed by atoms with Gasteiger partial charge in [0.05, 0.1) is 0 Å². The van der Waals surface area contributed by atoms with Crippen LogP contribution in [0.15, 0.2) is 81.9 Å². The first kappa shape index (κ1) is 11.4. The van der Waals surface area contributed by atoms with Crippen LogP contribution in [0.2, 0.25) is 0 Å². The molecule has 0 atom stereocenters. The van der Waals surface area contributed by atoms with E-state index in [9.17, 15) is 0 Å². The molecule has 0 bridgehead atoms. The van der Waals surface area contributed by atoms with Gasteiger partial charge in [0.25, 0.3) is 0 Å². The van der Waals surface area contributed by atoms with Gasteiger partial charge in [0.15, 0.2) is 0 Å². The van der Waals surface area contributed by atoms with Gasteiger partial charge < -0.3 is 4.28 Å². The molecule has 0 nitrogen and oxygen atoms in total. The number of hydrogen-bond acceptors (Lipinski definition) is 0. The van der Waals surface area contributed by atoms with Crippen molar-refractivity contribution < 1.29 is 24.7 Å². The molecule has 80 valence electrons. The summed E-state index contributed by atoms with van der Waals surface area (Å²) in [5, 5.41) is 0. The SMILES string of the molecule is C1=CC(=C2C=CC=C2)C=C1.[H-].[H-].[H-].[Ti+3][C]1=CC=CC1. The second kappa shape index (κ2) is 5.84. The summed E-state index contributed by atoms with van der Waals surface area (Å²) >= 11 is 2.14. The molecule has 1 heteroatoms. The Morgan fingerprint density at radius 3 is 1.56 bits per heavy atom. The van der Waals surface area contributed by atoms with Gasteiger partial charge in [0, 0.05) is 0 Å². The molecule has 0 aromatic carbocycles. The van der Waals surface area contributed by atoms with Crippen molar-refractivity contribution >= 4 is 0 Å². The topological polar surface area (TPSA) is 0 Å². The van der Waals surface area contributed by atoms with Crippen LogP contribution in [0.5, 0.6) is 0 Å². The summed E-state index contributed by atoms with van der Waals surface area (Å²) in [7, 11) is 0. The average molecular weight is 244 g/mol. The van der Waals surface area contributed by atoms with Gasteiger partial charge >= 0.3 is 49.0 Å². The Morgan fingerprint density at radius 1 is 0.812 bits per heavy atom. The molecule has 0 heterocycles. The Morgan fingerprint density at radius 2 is 1.31 bits per heavy atom. The standard InChI is InChI=1S/C10H8.C5H5.Ti.3H/c1-2-6-9(5-1)10-7-3-4-8-10;1-2-4-5-3-1;;;;/h1-8H;1-3H,4H2;;;;/q;;+3;3*-1. The minimum atomic E-state index is 0. The van der Waals surface area contributed by atoms with Crippen LogP contribution in [-0.4, -0.2) is 0 Å². The maximum atomic E-state index is 2.16. The summed E-state index contributed by atoms with van der Waals surface area (Å²) in [5.41, 5.74) is 2.62. The van der Waals surface area contributed by atoms with Crippen molar-refractivity contribution in [2.75, 3.05) is 0 Å². The van der Waals surface area contributed by atoms with E-state index >= 15 is 0 Å². The number of allylic oxidation sites excluding steroid dienone is 14. The predicted molar refractivity (Wildman–Crippen MR) is 68.8 cm³/mol. The van der Waals surface area contributed by atoms with Crippen molar-refractivity contribution in [2.45, 2.75) is 6.42 Å². The number of rotatable bonds is 0. The molecule has 0 amide bonds. The fourth-order valence-electron chi connectivity index (χ4n) is 1.58. The van der Waals surface area contributed by atoms with E-state index in [4.69, 9.17) is 0 Å². The van der Waals surface area contributed by atoms with Gasteiger partial charge in [-0.05, 0) is 11.1 Å².